The Morgan fingerprint density at radius 3 is 1.45 bits per heavy atom. The Balaban J connectivity index is 0.995. The highest BCUT2D eigenvalue weighted by molar-refractivity contribution is 6.99. The molecule has 3 aliphatic rings. The predicted octanol–water partition coefficient (Wildman–Crippen LogP) is 23.5. The highest BCUT2D eigenvalue weighted by atomic mass is 16.5. The summed E-state index contributed by atoms with van der Waals surface area (Å²) in [5.74, 6) is 0.746. The zero-order valence-electron chi connectivity index (χ0n) is 75.9. The lowest BCUT2D eigenvalue weighted by molar-refractivity contribution is 0.487. The van der Waals surface area contributed by atoms with Crippen LogP contribution >= 0.6 is 0 Å². The van der Waals surface area contributed by atoms with E-state index in [0.29, 0.717) is 61.8 Å². The lowest BCUT2D eigenvalue weighted by Gasteiger charge is -2.42. The fourth-order valence-electron chi connectivity index (χ4n) is 16.4. The molecule has 16 aromatic rings. The minimum atomic E-state index is -2.26. The topological polar surface area (TPSA) is 22.3 Å². The van der Waals surface area contributed by atoms with Gasteiger partial charge in [0.25, 0.3) is 6.71 Å². The third kappa shape index (κ3) is 9.29. The second-order valence-corrected chi connectivity index (χ2v) is 30.3. The minimum Gasteiger partial charge on any atom is -0.458 e. The van der Waals surface area contributed by atoms with Crippen LogP contribution in [0.4, 0.5) is 17.1 Å². The average molecular weight is 1330 g/mol. The van der Waals surface area contributed by atoms with Gasteiger partial charge >= 0.3 is 0 Å². The van der Waals surface area contributed by atoms with Gasteiger partial charge in [0.05, 0.1) is 63.5 Å². The van der Waals surface area contributed by atoms with Crippen LogP contribution in [0.3, 0.4) is 0 Å². The molecule has 102 heavy (non-hydrogen) atoms. The molecule has 0 fully saturated rings. The average Bonchev–Trinajstić information content (AvgIpc) is 1.48. The molecule has 0 amide bonds. The summed E-state index contributed by atoms with van der Waals surface area (Å²) in [5.41, 5.74) is 11.6. The van der Waals surface area contributed by atoms with Crippen molar-refractivity contribution in [2.24, 2.45) is 0 Å². The maximum absolute atomic E-state index is 10.1. The van der Waals surface area contributed by atoms with Gasteiger partial charge in [0, 0.05) is 61.9 Å². The van der Waals surface area contributed by atoms with Gasteiger partial charge in [-0.15, -0.1) is 0 Å². The van der Waals surface area contributed by atoms with Crippen LogP contribution in [0.2, 0.25) is 0 Å². The Hall–Kier alpha value is -11.7. The number of benzene rings is 14. The molecule has 0 saturated heterocycles. The second kappa shape index (κ2) is 22.7. The van der Waals surface area contributed by atoms with Gasteiger partial charge in [-0.25, -0.2) is 0 Å². The molecule has 2 aliphatic heterocycles. The van der Waals surface area contributed by atoms with Crippen molar-refractivity contribution in [3.8, 4) is 67.4 Å². The summed E-state index contributed by atoms with van der Waals surface area (Å²) in [5, 5.41) is 1.88. The zero-order valence-corrected chi connectivity index (χ0v) is 57.9. The molecule has 5 heteroatoms. The molecule has 4 heterocycles. The van der Waals surface area contributed by atoms with Crippen LogP contribution in [0.1, 0.15) is 126 Å². The standard InChI is InChI=1S/C97H78BN3O/c1-94(2,3)66-46-51-85-78(54-66)79-55-67(95(4,5)6)47-52-86(79)99(85)69-48-50-82-89(59-69)102-90-60-70(100-83-43-26-23-38-73(83)74-39-24-27-44-84(74)100)58-88-92(90)98(82)81-49-45-63(53-87(81)101(88)93-76(61-29-14-10-15-30-61)56-68(96(7,8)9)57-77(93)62-31-16-11-17-32-62)71-40-28-41-75-72-37-22-25-42-80(72)97(91(71)75,64-33-18-12-19-34-64)65-35-20-13-21-36-65/h10-60H,1-9H3/i12D,13D,18D,19D,20D,21D,23D,24D,26D,27D,33D,34D,35D,36D,38D,39D,43D,44D. The van der Waals surface area contributed by atoms with Crippen LogP contribution < -0.4 is 26.0 Å². The summed E-state index contributed by atoms with van der Waals surface area (Å²) in [6.45, 7) is 19.0. The fourth-order valence-corrected chi connectivity index (χ4v) is 16.4. The minimum absolute atomic E-state index is 0.115. The van der Waals surface area contributed by atoms with Gasteiger partial charge in [0.2, 0.25) is 0 Å². The molecule has 2 aromatic heterocycles. The monoisotopic (exact) mass is 1330 g/mol. The van der Waals surface area contributed by atoms with E-state index in [0.717, 1.165) is 77.4 Å². The van der Waals surface area contributed by atoms with Crippen molar-refractivity contribution in [1.29, 1.82) is 0 Å². The van der Waals surface area contributed by atoms with E-state index in [1.54, 1.807) is 24.3 Å². The van der Waals surface area contributed by atoms with Crippen molar-refractivity contribution in [2.45, 2.75) is 84.0 Å². The molecule has 14 aromatic carbocycles. The molecular weight excluding hydrogens is 1230 g/mol. The second-order valence-electron chi connectivity index (χ2n) is 30.3. The van der Waals surface area contributed by atoms with Crippen LogP contribution in [0, 0.1) is 0 Å². The Kier molecular flexibility index (Phi) is 10.0. The van der Waals surface area contributed by atoms with Crippen LogP contribution in [-0.2, 0) is 21.7 Å². The number of hydrogen-bond donors (Lipinski definition) is 0. The summed E-state index contributed by atoms with van der Waals surface area (Å²) in [4.78, 5) is 2.18. The first-order chi connectivity index (χ1) is 57.0. The maximum atomic E-state index is 10.1. The first kappa shape index (κ1) is 45.2. The van der Waals surface area contributed by atoms with Crippen molar-refractivity contribution in [2.75, 3.05) is 4.90 Å². The van der Waals surface area contributed by atoms with Crippen LogP contribution in [-0.4, -0.2) is 15.8 Å². The predicted molar refractivity (Wildman–Crippen MR) is 431 cm³/mol. The first-order valence-corrected chi connectivity index (χ1v) is 34.7. The van der Waals surface area contributed by atoms with Crippen molar-refractivity contribution < 1.29 is 29.4 Å². The molecular formula is C97H78BN3O. The summed E-state index contributed by atoms with van der Waals surface area (Å²) >= 11 is 0. The third-order valence-electron chi connectivity index (χ3n) is 21.3. The molecule has 0 saturated carbocycles. The van der Waals surface area contributed by atoms with E-state index in [9.17, 15) is 19.2 Å². The van der Waals surface area contributed by atoms with Gasteiger partial charge in [-0.1, -0.05) is 292 Å². The van der Waals surface area contributed by atoms with Gasteiger partial charge in [0.1, 0.15) is 11.5 Å². The van der Waals surface area contributed by atoms with Crippen LogP contribution in [0.15, 0.2) is 309 Å². The highest BCUT2D eigenvalue weighted by Gasteiger charge is 2.49. The first-order valence-electron chi connectivity index (χ1n) is 43.7. The summed E-state index contributed by atoms with van der Waals surface area (Å²) in [7, 11) is 0. The van der Waals surface area contributed by atoms with Gasteiger partial charge < -0.3 is 18.8 Å². The van der Waals surface area contributed by atoms with Gasteiger partial charge in [-0.05, 0) is 172 Å². The molecule has 0 spiro atoms. The normalized spacial score (nSPS) is 16.1. The summed E-state index contributed by atoms with van der Waals surface area (Å²) in [6.07, 6.45) is 0. The van der Waals surface area contributed by atoms with E-state index in [1.165, 1.54) is 4.57 Å². The van der Waals surface area contributed by atoms with Gasteiger partial charge in [0.15, 0.2) is 0 Å². The fraction of sp³-hybridized carbons (Fsp3) is 0.134. The largest absolute Gasteiger partial charge is 0.458 e. The smallest absolute Gasteiger partial charge is 0.256 e. The molecule has 0 radical (unpaired) electrons. The highest BCUT2D eigenvalue weighted by Crippen LogP contribution is 2.60. The van der Waals surface area contributed by atoms with E-state index >= 15 is 0 Å². The number of anilines is 3. The lowest BCUT2D eigenvalue weighted by atomic mass is 9.34. The lowest BCUT2D eigenvalue weighted by Crippen LogP contribution is -2.59. The van der Waals surface area contributed by atoms with Gasteiger partial charge in [-0.3, -0.25) is 0 Å². The number of aromatic nitrogens is 2. The van der Waals surface area contributed by atoms with E-state index in [2.05, 4.69) is 163 Å². The van der Waals surface area contributed by atoms with E-state index in [1.807, 2.05) is 84.9 Å². The van der Waals surface area contributed by atoms with Crippen LogP contribution in [0.25, 0.3) is 99.5 Å². The molecule has 19 rings (SSSR count). The van der Waals surface area contributed by atoms with Crippen molar-refractivity contribution in [1.82, 2.24) is 9.13 Å². The Bertz CT molecular complexity index is 6920. The molecule has 0 atom stereocenters. The Morgan fingerprint density at radius 2 is 0.863 bits per heavy atom. The zero-order chi connectivity index (χ0) is 84.8. The third-order valence-corrected chi connectivity index (χ3v) is 21.3. The molecule has 0 bridgehead atoms. The van der Waals surface area contributed by atoms with E-state index < -0.39 is 126 Å². The summed E-state index contributed by atoms with van der Waals surface area (Å²) in [6, 6.07) is 55.2. The number of rotatable bonds is 8. The Labute approximate surface area is 623 Å². The van der Waals surface area contributed by atoms with Crippen LogP contribution in [0.5, 0.6) is 11.5 Å². The SMILES string of the molecule is [2H]c1c([2H])c([2H])c(C2(c3c([2H])c([2H])c([2H])c([2H])c3[2H])c3ccccc3-c3cccc(-c4ccc5c(c4)N(c4c(-c6ccccc6)cc(C(C)(C)C)cc4-c4ccccc4)c4cc(-n6c7c([2H])c([2H])c([2H])c([2H])c7c7c([2H])c([2H])c([2H])c([2H])c76)cc6c4B5c4ccc(-n5c7ccc(C(C)(C)C)cc7c7cc(C(C)(C)C)ccc75)cc4O6)c32)c([2H])c1[2H]. The number of ether oxygens (including phenoxy) is 1. The number of nitrogens with zero attached hydrogens (tertiary/aromatic N) is 3. The maximum Gasteiger partial charge on any atom is 0.256 e. The quantitative estimate of drug-likeness (QED) is 0.142. The molecule has 490 valence electrons. The van der Waals surface area contributed by atoms with E-state index in [4.69, 9.17) is 10.2 Å². The number of para-hydroxylation sites is 2. The number of fused-ring (bicyclic) bond motifs is 13. The molecule has 0 unspecified atom stereocenters. The van der Waals surface area contributed by atoms with Crippen molar-refractivity contribution in [3.63, 3.8) is 0 Å². The molecule has 1 aliphatic carbocycles. The van der Waals surface area contributed by atoms with Crippen molar-refractivity contribution in [3.05, 3.63) is 348 Å². The molecule has 0 N–H and O–H groups in total. The molecule has 4 nitrogen and oxygen atoms in total. The Morgan fingerprint density at radius 1 is 0.353 bits per heavy atom. The van der Waals surface area contributed by atoms with Crippen molar-refractivity contribution >= 4 is 83.8 Å². The number of hydrogen-bond acceptors (Lipinski definition) is 2. The van der Waals surface area contributed by atoms with Gasteiger partial charge in [-0.2, -0.15) is 0 Å². The summed E-state index contributed by atoms with van der Waals surface area (Å²) < 4.78 is 184. The van der Waals surface area contributed by atoms with E-state index in [-0.39, 0.29) is 55.0 Å².